The third-order valence-corrected chi connectivity index (χ3v) is 6.16. The highest BCUT2D eigenvalue weighted by atomic mass is 32.1. The number of methoxy groups -OCH3 is 1. The number of benzene rings is 2. The van der Waals surface area contributed by atoms with Gasteiger partial charge in [-0.3, -0.25) is 24.1 Å². The van der Waals surface area contributed by atoms with Crippen LogP contribution in [0.3, 0.4) is 0 Å². The van der Waals surface area contributed by atoms with Gasteiger partial charge in [-0.15, -0.1) is 0 Å². The number of carbonyl (C=O) groups excluding carboxylic acids is 4. The van der Waals surface area contributed by atoms with Gasteiger partial charge in [-0.05, 0) is 60.8 Å². The molecule has 5 N–H and O–H groups in total. The summed E-state index contributed by atoms with van der Waals surface area (Å²) in [5, 5.41) is 2.55. The van der Waals surface area contributed by atoms with E-state index in [0.717, 1.165) is 5.56 Å². The van der Waals surface area contributed by atoms with Crippen LogP contribution in [0.2, 0.25) is 0 Å². The maximum absolute atomic E-state index is 14.0. The van der Waals surface area contributed by atoms with Crippen LogP contribution >= 0.6 is 11.5 Å². The summed E-state index contributed by atoms with van der Waals surface area (Å²) < 4.78 is 14.1. The topological polar surface area (TPSA) is 167 Å². The molecule has 3 aromatic rings. The summed E-state index contributed by atoms with van der Waals surface area (Å²) in [7, 11) is 1.50. The van der Waals surface area contributed by atoms with Crippen molar-refractivity contribution in [2.75, 3.05) is 30.9 Å². The lowest BCUT2D eigenvalue weighted by atomic mass is 10.0. The first-order valence-corrected chi connectivity index (χ1v) is 12.0. The Hall–Kier alpha value is -4.45. The van der Waals surface area contributed by atoms with Crippen molar-refractivity contribution in [3.05, 3.63) is 70.2 Å². The number of ether oxygens (including phenoxy) is 2. The number of nitrogens with two attached hydrogens (primary N) is 2. The van der Waals surface area contributed by atoms with Crippen molar-refractivity contribution in [3.63, 3.8) is 0 Å². The van der Waals surface area contributed by atoms with Crippen LogP contribution in [0.25, 0.3) is 0 Å². The fourth-order valence-corrected chi connectivity index (χ4v) is 4.31. The van der Waals surface area contributed by atoms with Crippen molar-refractivity contribution in [3.8, 4) is 5.75 Å². The molecule has 1 heterocycles. The number of hydrogen-bond acceptors (Lipinski definition) is 9. The zero-order chi connectivity index (χ0) is 27.1. The van der Waals surface area contributed by atoms with E-state index >= 15 is 0 Å². The molecule has 1 unspecified atom stereocenters. The molecule has 0 aliphatic carbocycles. The lowest BCUT2D eigenvalue weighted by Crippen LogP contribution is -2.45. The zero-order valence-corrected chi connectivity index (χ0v) is 21.3. The zero-order valence-electron chi connectivity index (χ0n) is 20.5. The Bertz CT molecular complexity index is 1310. The maximum Gasteiger partial charge on any atom is 0.325 e. The van der Waals surface area contributed by atoms with Gasteiger partial charge in [0.05, 0.1) is 19.4 Å². The van der Waals surface area contributed by atoms with Gasteiger partial charge in [0.1, 0.15) is 23.2 Å². The van der Waals surface area contributed by atoms with Crippen molar-refractivity contribution in [2.45, 2.75) is 19.9 Å². The minimum Gasteiger partial charge on any atom is -0.497 e. The number of anilines is 2. The molecule has 2 aromatic carbocycles. The number of primary amides is 1. The van der Waals surface area contributed by atoms with Crippen molar-refractivity contribution in [1.82, 2.24) is 9.69 Å². The van der Waals surface area contributed by atoms with E-state index in [4.69, 9.17) is 20.9 Å². The standard InChI is InChI=1S/C25H27N5O6S/c1-4-36-18(31)13-28-24(33)21(15-8-10-17(35-3)11-9-15)30(16-7-5-6-14(2)12-16)25(34)22-19(26)20(23(27)32)29-37-22/h5-12,21H,4,13,26H2,1-3H3,(H2,27,32)(H,28,33). The summed E-state index contributed by atoms with van der Waals surface area (Å²) in [6.07, 6.45) is 0. The third-order valence-electron chi connectivity index (χ3n) is 5.30. The molecule has 37 heavy (non-hydrogen) atoms. The van der Waals surface area contributed by atoms with Crippen LogP contribution in [-0.2, 0) is 14.3 Å². The number of nitrogens with one attached hydrogen (secondary N) is 1. The smallest absolute Gasteiger partial charge is 0.325 e. The number of rotatable bonds is 10. The molecule has 0 fully saturated rings. The van der Waals surface area contributed by atoms with E-state index in [1.165, 1.54) is 12.0 Å². The summed E-state index contributed by atoms with van der Waals surface area (Å²) in [4.78, 5) is 52.4. The third kappa shape index (κ3) is 6.22. The van der Waals surface area contributed by atoms with E-state index in [1.54, 1.807) is 49.4 Å². The number of amides is 3. The van der Waals surface area contributed by atoms with Gasteiger partial charge < -0.3 is 26.3 Å². The number of aromatic nitrogens is 1. The Kier molecular flexibility index (Phi) is 8.80. The van der Waals surface area contributed by atoms with Gasteiger partial charge >= 0.3 is 5.97 Å². The van der Waals surface area contributed by atoms with E-state index < -0.39 is 36.3 Å². The van der Waals surface area contributed by atoms with Gasteiger partial charge in [-0.1, -0.05) is 24.3 Å². The van der Waals surface area contributed by atoms with E-state index in [0.29, 0.717) is 28.5 Å². The molecule has 0 radical (unpaired) electrons. The molecule has 0 aliphatic rings. The van der Waals surface area contributed by atoms with Gasteiger partial charge in [0, 0.05) is 5.69 Å². The molecule has 1 aromatic heterocycles. The van der Waals surface area contributed by atoms with E-state index in [2.05, 4.69) is 9.69 Å². The summed E-state index contributed by atoms with van der Waals surface area (Å²) in [5.74, 6) is -2.29. The number of hydrogen-bond donors (Lipinski definition) is 3. The minimum absolute atomic E-state index is 0.0630. The van der Waals surface area contributed by atoms with Gasteiger partial charge in [0.15, 0.2) is 5.69 Å². The van der Waals surface area contributed by atoms with Crippen LogP contribution in [0.4, 0.5) is 11.4 Å². The first-order valence-electron chi connectivity index (χ1n) is 11.2. The Labute approximate surface area is 217 Å². The average Bonchev–Trinajstić information content (AvgIpc) is 3.27. The first-order chi connectivity index (χ1) is 17.7. The second kappa shape index (κ2) is 12.0. The first kappa shape index (κ1) is 27.1. The molecule has 0 bridgehead atoms. The molecule has 1 atom stereocenters. The summed E-state index contributed by atoms with van der Waals surface area (Å²) in [6, 6.07) is 12.3. The molecule has 194 valence electrons. The molecule has 11 nitrogen and oxygen atoms in total. The van der Waals surface area contributed by atoms with Gasteiger partial charge in [-0.2, -0.15) is 4.37 Å². The van der Waals surface area contributed by atoms with Crippen molar-refractivity contribution in [1.29, 1.82) is 0 Å². The maximum atomic E-state index is 14.0. The number of nitrogens with zero attached hydrogens (tertiary/aromatic N) is 2. The van der Waals surface area contributed by atoms with Crippen LogP contribution in [-0.4, -0.2) is 48.3 Å². The lowest BCUT2D eigenvalue weighted by Gasteiger charge is -2.31. The SMILES string of the molecule is CCOC(=O)CNC(=O)C(c1ccc(OC)cc1)N(C(=O)c1snc(C(N)=O)c1N)c1cccc(C)c1. The van der Waals surface area contributed by atoms with Crippen molar-refractivity contribution in [2.24, 2.45) is 5.73 Å². The Balaban J connectivity index is 2.16. The normalized spacial score (nSPS) is 11.3. The van der Waals surface area contributed by atoms with E-state index in [1.807, 2.05) is 13.0 Å². The highest BCUT2D eigenvalue weighted by molar-refractivity contribution is 7.09. The molecule has 0 saturated heterocycles. The predicted molar refractivity (Wildman–Crippen MR) is 138 cm³/mol. The molecule has 3 rings (SSSR count). The summed E-state index contributed by atoms with van der Waals surface area (Å²) >= 11 is 0.702. The second-order valence-electron chi connectivity index (χ2n) is 7.85. The molecular weight excluding hydrogens is 498 g/mol. The quantitative estimate of drug-likeness (QED) is 0.339. The van der Waals surface area contributed by atoms with Gasteiger partial charge in [0.2, 0.25) is 5.91 Å². The highest BCUT2D eigenvalue weighted by Crippen LogP contribution is 2.34. The van der Waals surface area contributed by atoms with Crippen LogP contribution in [0.1, 0.15) is 44.3 Å². The van der Waals surface area contributed by atoms with Crippen molar-refractivity contribution < 1.29 is 28.7 Å². The number of esters is 1. The Morgan fingerprint density at radius 2 is 1.84 bits per heavy atom. The predicted octanol–water partition coefficient (Wildman–Crippen LogP) is 2.21. The summed E-state index contributed by atoms with van der Waals surface area (Å²) in [6.45, 7) is 3.24. The molecule has 0 spiro atoms. The summed E-state index contributed by atoms with van der Waals surface area (Å²) in [5.41, 5.74) is 12.6. The van der Waals surface area contributed by atoms with Gasteiger partial charge in [0.25, 0.3) is 11.8 Å². The fourth-order valence-electron chi connectivity index (χ4n) is 3.57. The molecule has 12 heteroatoms. The Morgan fingerprint density at radius 1 is 1.14 bits per heavy atom. The van der Waals surface area contributed by atoms with Crippen LogP contribution in [0.5, 0.6) is 5.75 Å². The molecular formula is C25H27N5O6S. The van der Waals surface area contributed by atoms with E-state index in [-0.39, 0.29) is 22.9 Å². The van der Waals surface area contributed by atoms with Crippen molar-refractivity contribution >= 4 is 46.6 Å². The number of carbonyl (C=O) groups is 4. The second-order valence-corrected chi connectivity index (χ2v) is 8.62. The molecule has 0 aliphatic heterocycles. The minimum atomic E-state index is -1.24. The van der Waals surface area contributed by atoms with E-state index in [9.17, 15) is 19.2 Å². The molecule has 3 amide bonds. The van der Waals surface area contributed by atoms with Crippen LogP contribution in [0, 0.1) is 6.92 Å². The Morgan fingerprint density at radius 3 is 2.41 bits per heavy atom. The van der Waals surface area contributed by atoms with Gasteiger partial charge in [-0.25, -0.2) is 0 Å². The fraction of sp³-hybridized carbons (Fsp3) is 0.240. The average molecular weight is 526 g/mol. The number of aryl methyl sites for hydroxylation is 1. The number of nitrogen functional groups attached to an aromatic ring is 1. The lowest BCUT2D eigenvalue weighted by molar-refractivity contribution is -0.143. The largest absolute Gasteiger partial charge is 0.497 e. The molecule has 0 saturated carbocycles. The highest BCUT2D eigenvalue weighted by Gasteiger charge is 2.36. The monoisotopic (exact) mass is 525 g/mol. The van der Waals surface area contributed by atoms with Crippen LogP contribution in [0.15, 0.2) is 48.5 Å². The van der Waals surface area contributed by atoms with Crippen LogP contribution < -0.4 is 26.4 Å².